The number of halogens is 4. The van der Waals surface area contributed by atoms with Crippen LogP contribution < -0.4 is 4.74 Å². The molecule has 0 unspecified atom stereocenters. The Bertz CT molecular complexity index is 347. The smallest absolute Gasteiger partial charge is 0.416 e. The van der Waals surface area contributed by atoms with E-state index in [1.165, 1.54) is 6.07 Å². The summed E-state index contributed by atoms with van der Waals surface area (Å²) in [6, 6.07) is 3.16. The Balaban J connectivity index is 3.06. The molecule has 0 heterocycles. The molecule has 0 saturated heterocycles. The molecule has 1 rings (SSSR count). The second-order valence-electron chi connectivity index (χ2n) is 3.34. The van der Waals surface area contributed by atoms with Gasteiger partial charge in [0.2, 0.25) is 0 Å². The lowest BCUT2D eigenvalue weighted by Crippen LogP contribution is -2.08. The monoisotopic (exact) mass is 238 g/mol. The molecule has 84 valence electrons. The van der Waals surface area contributed by atoms with Crippen molar-refractivity contribution in [2.45, 2.75) is 26.1 Å². The highest BCUT2D eigenvalue weighted by Gasteiger charge is 2.31. The maximum absolute atomic E-state index is 12.4. The normalized spacial score (nSPS) is 11.9. The summed E-state index contributed by atoms with van der Waals surface area (Å²) in [7, 11) is 0. The Morgan fingerprint density at radius 1 is 1.20 bits per heavy atom. The van der Waals surface area contributed by atoms with Crippen LogP contribution in [-0.2, 0) is 6.18 Å². The number of alkyl halides is 3. The lowest BCUT2D eigenvalue weighted by molar-refractivity contribution is -0.137. The molecule has 0 spiro atoms. The molecule has 0 radical (unpaired) electrons. The fourth-order valence-electron chi connectivity index (χ4n) is 1.07. The fraction of sp³-hybridized carbons (Fsp3) is 0.400. The van der Waals surface area contributed by atoms with Gasteiger partial charge < -0.3 is 4.74 Å². The van der Waals surface area contributed by atoms with Gasteiger partial charge in [0.25, 0.3) is 0 Å². The van der Waals surface area contributed by atoms with Crippen LogP contribution in [0.4, 0.5) is 13.2 Å². The molecular weight excluding hydrogens is 229 g/mol. The van der Waals surface area contributed by atoms with Crippen molar-refractivity contribution in [1.29, 1.82) is 0 Å². The van der Waals surface area contributed by atoms with E-state index in [0.29, 0.717) is 0 Å². The van der Waals surface area contributed by atoms with Crippen LogP contribution in [0.5, 0.6) is 5.75 Å². The molecule has 15 heavy (non-hydrogen) atoms. The van der Waals surface area contributed by atoms with Crippen LogP contribution in [0.25, 0.3) is 0 Å². The first kappa shape index (κ1) is 12.2. The van der Waals surface area contributed by atoms with Crippen molar-refractivity contribution >= 4 is 11.6 Å². The molecule has 0 aromatic heterocycles. The van der Waals surface area contributed by atoms with Gasteiger partial charge >= 0.3 is 6.18 Å². The average molecular weight is 239 g/mol. The first-order valence-electron chi connectivity index (χ1n) is 4.33. The zero-order chi connectivity index (χ0) is 11.6. The van der Waals surface area contributed by atoms with Gasteiger partial charge in [-0.15, -0.1) is 0 Å². The molecule has 0 bridgehead atoms. The van der Waals surface area contributed by atoms with E-state index < -0.39 is 11.7 Å². The van der Waals surface area contributed by atoms with Gasteiger partial charge in [0, 0.05) is 5.02 Å². The van der Waals surface area contributed by atoms with Gasteiger partial charge in [-0.05, 0) is 32.0 Å². The first-order chi connectivity index (χ1) is 6.79. The maximum atomic E-state index is 12.4. The summed E-state index contributed by atoms with van der Waals surface area (Å²) in [6.45, 7) is 3.46. The summed E-state index contributed by atoms with van der Waals surface area (Å²) < 4.78 is 42.3. The van der Waals surface area contributed by atoms with Gasteiger partial charge in [0.1, 0.15) is 5.75 Å². The quantitative estimate of drug-likeness (QED) is 0.752. The van der Waals surface area contributed by atoms with Gasteiger partial charge in [-0.1, -0.05) is 11.6 Å². The predicted octanol–water partition coefficient (Wildman–Crippen LogP) is 4.15. The fourth-order valence-corrected chi connectivity index (χ4v) is 1.29. The van der Waals surface area contributed by atoms with Crippen LogP contribution in [0.2, 0.25) is 5.02 Å². The van der Waals surface area contributed by atoms with E-state index in [1.54, 1.807) is 13.8 Å². The number of rotatable bonds is 2. The Morgan fingerprint density at radius 2 is 1.80 bits per heavy atom. The summed E-state index contributed by atoms with van der Waals surface area (Å²) in [5.41, 5.74) is -0.800. The molecule has 0 atom stereocenters. The predicted molar refractivity (Wildman–Crippen MR) is 52.2 cm³/mol. The van der Waals surface area contributed by atoms with Gasteiger partial charge in [-0.2, -0.15) is 13.2 Å². The van der Waals surface area contributed by atoms with Crippen LogP contribution >= 0.6 is 11.6 Å². The van der Waals surface area contributed by atoms with Crippen molar-refractivity contribution in [1.82, 2.24) is 0 Å². The number of benzene rings is 1. The number of ether oxygens (including phenoxy) is 1. The summed E-state index contributed by atoms with van der Waals surface area (Å²) >= 11 is 5.56. The second kappa shape index (κ2) is 4.31. The van der Waals surface area contributed by atoms with Crippen molar-refractivity contribution in [3.63, 3.8) is 0 Å². The second-order valence-corrected chi connectivity index (χ2v) is 3.78. The van der Waals surface area contributed by atoms with Crippen molar-refractivity contribution in [3.05, 3.63) is 28.8 Å². The van der Waals surface area contributed by atoms with Gasteiger partial charge in [-0.3, -0.25) is 0 Å². The van der Waals surface area contributed by atoms with E-state index in [9.17, 15) is 13.2 Å². The van der Waals surface area contributed by atoms with Crippen molar-refractivity contribution in [3.8, 4) is 5.75 Å². The summed E-state index contributed by atoms with van der Waals surface area (Å²) in [5.74, 6) is 0.129. The minimum Gasteiger partial charge on any atom is -0.491 e. The Hall–Kier alpha value is -0.900. The van der Waals surface area contributed by atoms with Gasteiger partial charge in [0.15, 0.2) is 0 Å². The van der Waals surface area contributed by atoms with E-state index in [4.69, 9.17) is 16.3 Å². The average Bonchev–Trinajstić information content (AvgIpc) is 1.99. The minimum atomic E-state index is -4.40. The van der Waals surface area contributed by atoms with Crippen molar-refractivity contribution < 1.29 is 17.9 Å². The maximum Gasteiger partial charge on any atom is 0.416 e. The molecule has 0 amide bonds. The topological polar surface area (TPSA) is 9.23 Å². The largest absolute Gasteiger partial charge is 0.491 e. The SMILES string of the molecule is CC(C)Oc1cc(Cl)cc(C(F)(F)F)c1. The molecule has 0 saturated carbocycles. The van der Waals surface area contributed by atoms with E-state index >= 15 is 0 Å². The summed E-state index contributed by atoms with van der Waals surface area (Å²) in [4.78, 5) is 0. The molecule has 1 aromatic rings. The molecule has 0 aliphatic heterocycles. The summed E-state index contributed by atoms with van der Waals surface area (Å²) in [6.07, 6.45) is -4.59. The molecule has 1 aromatic carbocycles. The van der Waals surface area contributed by atoms with E-state index in [-0.39, 0.29) is 16.9 Å². The Kier molecular flexibility index (Phi) is 3.50. The van der Waals surface area contributed by atoms with Crippen LogP contribution in [0.15, 0.2) is 18.2 Å². The lowest BCUT2D eigenvalue weighted by Gasteiger charge is -2.13. The zero-order valence-corrected chi connectivity index (χ0v) is 8.99. The molecule has 5 heteroatoms. The third-order valence-electron chi connectivity index (χ3n) is 1.57. The number of hydrogen-bond acceptors (Lipinski definition) is 1. The van der Waals surface area contributed by atoms with Crippen molar-refractivity contribution in [2.24, 2.45) is 0 Å². The van der Waals surface area contributed by atoms with Crippen LogP contribution in [-0.4, -0.2) is 6.10 Å². The standard InChI is InChI=1S/C10H10ClF3O/c1-6(2)15-9-4-7(10(12,13)14)3-8(11)5-9/h3-6H,1-2H3. The van der Waals surface area contributed by atoms with E-state index in [2.05, 4.69) is 0 Å². The molecular formula is C10H10ClF3O. The lowest BCUT2D eigenvalue weighted by atomic mass is 10.2. The highest BCUT2D eigenvalue weighted by atomic mass is 35.5. The first-order valence-corrected chi connectivity index (χ1v) is 4.71. The van der Waals surface area contributed by atoms with Crippen LogP contribution in [0.1, 0.15) is 19.4 Å². The van der Waals surface area contributed by atoms with Crippen molar-refractivity contribution in [2.75, 3.05) is 0 Å². The Morgan fingerprint density at radius 3 is 2.27 bits per heavy atom. The van der Waals surface area contributed by atoms with Gasteiger partial charge in [-0.25, -0.2) is 0 Å². The minimum absolute atomic E-state index is 0.0143. The third-order valence-corrected chi connectivity index (χ3v) is 1.79. The van der Waals surface area contributed by atoms with E-state index in [1.807, 2.05) is 0 Å². The molecule has 1 nitrogen and oxygen atoms in total. The third kappa shape index (κ3) is 3.63. The van der Waals surface area contributed by atoms with Crippen LogP contribution in [0, 0.1) is 0 Å². The van der Waals surface area contributed by atoms with E-state index in [0.717, 1.165) is 12.1 Å². The Labute approximate surface area is 90.8 Å². The molecule has 0 aliphatic rings. The van der Waals surface area contributed by atoms with Gasteiger partial charge in [0.05, 0.1) is 11.7 Å². The number of hydrogen-bond donors (Lipinski definition) is 0. The van der Waals surface area contributed by atoms with Crippen LogP contribution in [0.3, 0.4) is 0 Å². The molecule has 0 N–H and O–H groups in total. The summed E-state index contributed by atoms with van der Waals surface area (Å²) in [5, 5.41) is 0.0143. The highest BCUT2D eigenvalue weighted by Crippen LogP contribution is 2.34. The molecule has 0 aliphatic carbocycles. The zero-order valence-electron chi connectivity index (χ0n) is 8.23. The molecule has 0 fully saturated rings. The highest BCUT2D eigenvalue weighted by molar-refractivity contribution is 6.30.